The second-order valence-electron chi connectivity index (χ2n) is 6.24. The first kappa shape index (κ1) is 18.9. The quantitative estimate of drug-likeness (QED) is 0.532. The number of carbonyl (C=O) groups excluding carboxylic acids is 1. The van der Waals surface area contributed by atoms with Crippen molar-refractivity contribution in [2.24, 2.45) is 0 Å². The van der Waals surface area contributed by atoms with Crippen molar-refractivity contribution in [2.75, 3.05) is 5.32 Å². The third-order valence-electron chi connectivity index (χ3n) is 3.93. The number of hydrogen-bond acceptors (Lipinski definition) is 3. The molecule has 3 nitrogen and oxygen atoms in total. The highest BCUT2D eigenvalue weighted by Gasteiger charge is 2.14. The van der Waals surface area contributed by atoms with Gasteiger partial charge in [-0.3, -0.25) is 4.79 Å². The summed E-state index contributed by atoms with van der Waals surface area (Å²) in [5, 5.41) is 6.57. The van der Waals surface area contributed by atoms with Crippen molar-refractivity contribution in [2.45, 2.75) is 26.2 Å². The molecule has 134 valence electrons. The molecule has 0 atom stereocenters. The number of aromatic nitrogens is 1. The Labute approximate surface area is 167 Å². The number of benzene rings is 2. The summed E-state index contributed by atoms with van der Waals surface area (Å²) in [6.07, 6.45) is 0.199. The normalized spacial score (nSPS) is 11.0. The van der Waals surface area contributed by atoms with E-state index in [-0.39, 0.29) is 12.3 Å². The average molecular weight is 405 g/mol. The Morgan fingerprint density at radius 3 is 2.38 bits per heavy atom. The molecule has 0 aliphatic rings. The molecular weight excluding hydrogens is 387 g/mol. The van der Waals surface area contributed by atoms with E-state index in [1.54, 1.807) is 18.2 Å². The van der Waals surface area contributed by atoms with E-state index in [1.165, 1.54) is 16.9 Å². The van der Waals surface area contributed by atoms with E-state index < -0.39 is 0 Å². The summed E-state index contributed by atoms with van der Waals surface area (Å²) in [6, 6.07) is 13.2. The molecule has 6 heteroatoms. The predicted molar refractivity (Wildman–Crippen MR) is 110 cm³/mol. The highest BCUT2D eigenvalue weighted by Crippen LogP contribution is 2.36. The molecule has 0 aliphatic carbocycles. The van der Waals surface area contributed by atoms with E-state index in [9.17, 15) is 4.79 Å². The third-order valence-corrected chi connectivity index (χ3v) is 5.47. The van der Waals surface area contributed by atoms with Crippen LogP contribution in [0.5, 0.6) is 0 Å². The predicted octanol–water partition coefficient (Wildman–Crippen LogP) is 6.42. The summed E-state index contributed by atoms with van der Waals surface area (Å²) < 4.78 is 0. The molecule has 0 bridgehead atoms. The number of rotatable bonds is 5. The maximum atomic E-state index is 12.3. The highest BCUT2D eigenvalue weighted by molar-refractivity contribution is 7.13. The fourth-order valence-corrected chi connectivity index (χ4v) is 4.11. The highest BCUT2D eigenvalue weighted by atomic mass is 35.5. The van der Waals surface area contributed by atoms with Gasteiger partial charge in [-0.1, -0.05) is 55.2 Å². The molecule has 0 unspecified atom stereocenters. The molecule has 0 aliphatic heterocycles. The van der Waals surface area contributed by atoms with E-state index in [0.717, 1.165) is 5.69 Å². The van der Waals surface area contributed by atoms with Gasteiger partial charge in [0.15, 0.2) is 0 Å². The van der Waals surface area contributed by atoms with Gasteiger partial charge >= 0.3 is 0 Å². The summed E-state index contributed by atoms with van der Waals surface area (Å²) in [5.41, 5.74) is 3.42. The molecule has 0 saturated heterocycles. The van der Waals surface area contributed by atoms with Gasteiger partial charge in [-0.15, -0.1) is 11.3 Å². The summed E-state index contributed by atoms with van der Waals surface area (Å²) in [6.45, 7) is 4.28. The SMILES string of the molecule is CC(C)c1ccc(NC(=O)Cc2csc(-c3c(Cl)cccc3Cl)n2)cc1. The Bertz CT molecular complexity index is 900. The van der Waals surface area contributed by atoms with Crippen molar-refractivity contribution in [1.29, 1.82) is 0 Å². The minimum atomic E-state index is -0.107. The zero-order chi connectivity index (χ0) is 18.7. The molecule has 0 fully saturated rings. The van der Waals surface area contributed by atoms with E-state index in [1.807, 2.05) is 29.6 Å². The van der Waals surface area contributed by atoms with Crippen molar-refractivity contribution in [3.8, 4) is 10.6 Å². The van der Waals surface area contributed by atoms with Gasteiger partial charge < -0.3 is 5.32 Å². The number of amides is 1. The maximum Gasteiger partial charge on any atom is 0.230 e. The molecule has 1 heterocycles. The lowest BCUT2D eigenvalue weighted by Gasteiger charge is -2.08. The largest absolute Gasteiger partial charge is 0.326 e. The fourth-order valence-electron chi connectivity index (χ4n) is 2.53. The lowest BCUT2D eigenvalue weighted by atomic mass is 10.0. The van der Waals surface area contributed by atoms with Crippen LogP contribution in [0.1, 0.15) is 31.0 Å². The molecular formula is C20H18Cl2N2OS. The third kappa shape index (κ3) is 4.44. The number of thiazole rings is 1. The van der Waals surface area contributed by atoms with Gasteiger partial charge in [0.2, 0.25) is 5.91 Å². The summed E-state index contributed by atoms with van der Waals surface area (Å²) >= 11 is 13.9. The molecule has 1 amide bonds. The van der Waals surface area contributed by atoms with Crippen molar-refractivity contribution < 1.29 is 4.79 Å². The first-order chi connectivity index (χ1) is 12.4. The average Bonchev–Trinajstić information content (AvgIpc) is 3.03. The fraction of sp³-hybridized carbons (Fsp3) is 0.200. The second-order valence-corrected chi connectivity index (χ2v) is 7.91. The van der Waals surface area contributed by atoms with Gasteiger partial charge in [0.25, 0.3) is 0 Å². The van der Waals surface area contributed by atoms with Crippen molar-refractivity contribution in [3.63, 3.8) is 0 Å². The van der Waals surface area contributed by atoms with Crippen LogP contribution in [0.2, 0.25) is 10.0 Å². The number of anilines is 1. The van der Waals surface area contributed by atoms with Gasteiger partial charge in [0, 0.05) is 16.6 Å². The van der Waals surface area contributed by atoms with Gasteiger partial charge in [0.1, 0.15) is 5.01 Å². The Morgan fingerprint density at radius 1 is 1.12 bits per heavy atom. The monoisotopic (exact) mass is 404 g/mol. The Kier molecular flexibility index (Phi) is 5.97. The zero-order valence-electron chi connectivity index (χ0n) is 14.4. The van der Waals surface area contributed by atoms with E-state index in [0.29, 0.717) is 32.2 Å². The maximum absolute atomic E-state index is 12.3. The Balaban J connectivity index is 1.68. The minimum absolute atomic E-state index is 0.107. The van der Waals surface area contributed by atoms with Gasteiger partial charge in [-0.05, 0) is 35.7 Å². The van der Waals surface area contributed by atoms with Gasteiger partial charge in [-0.2, -0.15) is 0 Å². The van der Waals surface area contributed by atoms with E-state index in [4.69, 9.17) is 23.2 Å². The molecule has 0 saturated carbocycles. The van der Waals surface area contributed by atoms with Crippen LogP contribution < -0.4 is 5.32 Å². The van der Waals surface area contributed by atoms with Crippen molar-refractivity contribution >= 4 is 46.1 Å². The topological polar surface area (TPSA) is 42.0 Å². The Morgan fingerprint density at radius 2 is 1.77 bits per heavy atom. The smallest absolute Gasteiger partial charge is 0.230 e. The summed E-state index contributed by atoms with van der Waals surface area (Å²) in [7, 11) is 0. The number of hydrogen-bond donors (Lipinski definition) is 1. The van der Waals surface area contributed by atoms with Crippen molar-refractivity contribution in [1.82, 2.24) is 4.98 Å². The molecule has 0 spiro atoms. The van der Waals surface area contributed by atoms with Crippen LogP contribution in [0.25, 0.3) is 10.6 Å². The van der Waals surface area contributed by atoms with Crippen LogP contribution in [0.4, 0.5) is 5.69 Å². The summed E-state index contributed by atoms with van der Waals surface area (Å²) in [4.78, 5) is 16.8. The second kappa shape index (κ2) is 8.21. The minimum Gasteiger partial charge on any atom is -0.326 e. The molecule has 1 N–H and O–H groups in total. The van der Waals surface area contributed by atoms with Crippen LogP contribution >= 0.6 is 34.5 Å². The number of carbonyl (C=O) groups is 1. The first-order valence-electron chi connectivity index (χ1n) is 8.22. The molecule has 0 radical (unpaired) electrons. The van der Waals surface area contributed by atoms with E-state index >= 15 is 0 Å². The van der Waals surface area contributed by atoms with Crippen molar-refractivity contribution in [3.05, 3.63) is 69.1 Å². The molecule has 1 aromatic heterocycles. The van der Waals surface area contributed by atoms with Gasteiger partial charge in [0.05, 0.1) is 22.2 Å². The molecule has 2 aromatic carbocycles. The zero-order valence-corrected chi connectivity index (χ0v) is 16.8. The van der Waals surface area contributed by atoms with Crippen LogP contribution in [0.15, 0.2) is 47.8 Å². The van der Waals surface area contributed by atoms with Crippen LogP contribution in [-0.4, -0.2) is 10.9 Å². The van der Waals surface area contributed by atoms with Crippen LogP contribution in [0, 0.1) is 0 Å². The molecule has 26 heavy (non-hydrogen) atoms. The number of nitrogens with zero attached hydrogens (tertiary/aromatic N) is 1. The first-order valence-corrected chi connectivity index (χ1v) is 9.86. The Hall–Kier alpha value is -1.88. The van der Waals surface area contributed by atoms with Crippen LogP contribution in [-0.2, 0) is 11.2 Å². The van der Waals surface area contributed by atoms with Crippen LogP contribution in [0.3, 0.4) is 0 Å². The lowest BCUT2D eigenvalue weighted by Crippen LogP contribution is -2.14. The van der Waals surface area contributed by atoms with E-state index in [2.05, 4.69) is 24.1 Å². The number of halogens is 2. The molecule has 3 rings (SSSR count). The number of nitrogens with one attached hydrogen (secondary N) is 1. The lowest BCUT2D eigenvalue weighted by molar-refractivity contribution is -0.115. The molecule has 3 aromatic rings. The van der Waals surface area contributed by atoms with Gasteiger partial charge in [-0.25, -0.2) is 4.98 Å². The standard InChI is InChI=1S/C20H18Cl2N2OS/c1-12(2)13-6-8-14(9-7-13)23-18(25)10-15-11-26-20(24-15)19-16(21)4-3-5-17(19)22/h3-9,11-12H,10H2,1-2H3,(H,23,25). The summed E-state index contributed by atoms with van der Waals surface area (Å²) in [5.74, 6) is 0.356.